The van der Waals surface area contributed by atoms with Crippen LogP contribution in [0.1, 0.15) is 38.3 Å². The molecule has 1 aromatic heterocycles. The lowest BCUT2D eigenvalue weighted by atomic mass is 10.1. The van der Waals surface area contributed by atoms with E-state index in [1.165, 1.54) is 21.7 Å². The number of methoxy groups -OCH3 is 1. The summed E-state index contributed by atoms with van der Waals surface area (Å²) in [4.78, 5) is 20.5. The van der Waals surface area contributed by atoms with Crippen molar-refractivity contribution < 1.29 is 22.7 Å². The normalized spacial score (nSPS) is 15.7. The molecule has 2 aromatic carbocycles. The van der Waals surface area contributed by atoms with Crippen molar-refractivity contribution in [1.82, 2.24) is 9.88 Å². The van der Waals surface area contributed by atoms with Gasteiger partial charge < -0.3 is 19.3 Å². The first-order valence-electron chi connectivity index (χ1n) is 12.9. The summed E-state index contributed by atoms with van der Waals surface area (Å²) in [5.74, 6) is 0.702. The third-order valence-corrected chi connectivity index (χ3v) is 9.69. The van der Waals surface area contributed by atoms with Crippen LogP contribution in [0.3, 0.4) is 0 Å². The van der Waals surface area contributed by atoms with Gasteiger partial charge in [0.2, 0.25) is 0 Å². The minimum Gasteiger partial charge on any atom is -0.497 e. The zero-order valence-electron chi connectivity index (χ0n) is 23.5. The number of hydrogen-bond acceptors (Lipinski definition) is 8. The van der Waals surface area contributed by atoms with Crippen LogP contribution in [0.25, 0.3) is 0 Å². The molecule has 4 rings (SSSR count). The molecule has 0 unspecified atom stereocenters. The topological polar surface area (TPSA) is 92.3 Å². The highest BCUT2D eigenvalue weighted by Crippen LogP contribution is 2.34. The lowest BCUT2D eigenvalue weighted by Gasteiger charge is -2.29. The molecule has 0 radical (unpaired) electrons. The number of aromatic nitrogens is 1. The van der Waals surface area contributed by atoms with Crippen molar-refractivity contribution in [3.05, 3.63) is 64.1 Å². The summed E-state index contributed by atoms with van der Waals surface area (Å²) >= 11 is 7.93. The molecule has 1 amide bonds. The van der Waals surface area contributed by atoms with Gasteiger partial charge in [-0.25, -0.2) is 22.5 Å². The quantitative estimate of drug-likeness (QED) is 0.313. The van der Waals surface area contributed by atoms with Crippen molar-refractivity contribution in [3.63, 3.8) is 0 Å². The van der Waals surface area contributed by atoms with Gasteiger partial charge in [0.25, 0.3) is 10.0 Å². The lowest BCUT2D eigenvalue weighted by molar-refractivity contribution is 0.0292. The van der Waals surface area contributed by atoms with E-state index in [1.807, 2.05) is 57.8 Å². The molecule has 1 aliphatic rings. The third-order valence-electron chi connectivity index (χ3n) is 6.75. The maximum atomic E-state index is 13.9. The molecule has 1 fully saturated rings. The number of nitrogens with zero attached hydrogens (tertiary/aromatic N) is 4. The van der Waals surface area contributed by atoms with E-state index in [0.29, 0.717) is 34.7 Å². The molecule has 40 heavy (non-hydrogen) atoms. The number of halogens is 1. The van der Waals surface area contributed by atoms with Crippen molar-refractivity contribution in [2.75, 3.05) is 36.5 Å². The number of carbonyl (C=O) groups excluding carboxylic acids is 1. The van der Waals surface area contributed by atoms with Gasteiger partial charge >= 0.3 is 6.09 Å². The van der Waals surface area contributed by atoms with Crippen LogP contribution >= 0.6 is 22.9 Å². The standard InChI is InChI=1S/C28H35ClN4O5S2/c1-19-15-22(37-6)8-7-20(19)17-33(26-30-12-14-39-26)40(35,36)23-9-10-25(24(29)16-23)31(5)21-11-13-32(18-21)27(34)38-28(2,3)4/h7-10,12,14-16,21H,11,13,17-18H2,1-6H3/t21-/m0/s1. The zero-order chi connectivity index (χ0) is 29.2. The van der Waals surface area contributed by atoms with Crippen molar-refractivity contribution in [1.29, 1.82) is 0 Å². The monoisotopic (exact) mass is 606 g/mol. The average Bonchev–Trinajstić information content (AvgIpc) is 3.59. The summed E-state index contributed by atoms with van der Waals surface area (Å²) in [6.45, 7) is 8.60. The van der Waals surface area contributed by atoms with Gasteiger partial charge in [-0.2, -0.15) is 0 Å². The summed E-state index contributed by atoms with van der Waals surface area (Å²) in [6, 6.07) is 10.3. The van der Waals surface area contributed by atoms with Gasteiger partial charge in [-0.3, -0.25) is 0 Å². The van der Waals surface area contributed by atoms with Gasteiger partial charge in [0, 0.05) is 37.8 Å². The molecular weight excluding hydrogens is 572 g/mol. The number of likely N-dealkylation sites (tertiary alicyclic amines) is 1. The fourth-order valence-electron chi connectivity index (χ4n) is 4.53. The maximum Gasteiger partial charge on any atom is 0.410 e. The molecule has 9 nitrogen and oxygen atoms in total. The van der Waals surface area contributed by atoms with E-state index in [0.717, 1.165) is 17.5 Å². The largest absolute Gasteiger partial charge is 0.497 e. The van der Waals surface area contributed by atoms with Crippen molar-refractivity contribution in [2.24, 2.45) is 0 Å². The lowest BCUT2D eigenvalue weighted by Crippen LogP contribution is -2.39. The first-order valence-corrected chi connectivity index (χ1v) is 15.6. The number of benzene rings is 2. The zero-order valence-corrected chi connectivity index (χ0v) is 25.9. The Balaban J connectivity index is 1.56. The molecule has 0 bridgehead atoms. The molecule has 0 N–H and O–H groups in total. The Morgan fingerprint density at radius 1 is 1.23 bits per heavy atom. The number of thiazole rings is 1. The van der Waals surface area contributed by atoms with Crippen LogP contribution < -0.4 is 13.9 Å². The fraction of sp³-hybridized carbons (Fsp3) is 0.429. The number of likely N-dealkylation sites (N-methyl/N-ethyl adjacent to an activating group) is 1. The molecule has 1 atom stereocenters. The predicted octanol–water partition coefficient (Wildman–Crippen LogP) is 5.95. The summed E-state index contributed by atoms with van der Waals surface area (Å²) in [7, 11) is -0.510. The van der Waals surface area contributed by atoms with Crippen molar-refractivity contribution in [3.8, 4) is 5.75 Å². The Morgan fingerprint density at radius 2 is 1.98 bits per heavy atom. The molecule has 3 aromatic rings. The van der Waals surface area contributed by atoms with E-state index >= 15 is 0 Å². The molecule has 0 aliphatic carbocycles. The van der Waals surface area contributed by atoms with E-state index in [1.54, 1.807) is 35.7 Å². The Hall–Kier alpha value is -3.02. The molecule has 216 valence electrons. The summed E-state index contributed by atoms with van der Waals surface area (Å²) < 4.78 is 40.0. The number of rotatable bonds is 8. The van der Waals surface area contributed by atoms with Gasteiger partial charge in [0.1, 0.15) is 11.4 Å². The van der Waals surface area contributed by atoms with Crippen LogP contribution in [-0.2, 0) is 21.3 Å². The molecule has 1 saturated heterocycles. The Labute approximate surface area is 245 Å². The number of amides is 1. The number of ether oxygens (including phenoxy) is 2. The summed E-state index contributed by atoms with van der Waals surface area (Å²) in [5.41, 5.74) is 1.86. The number of aryl methyl sites for hydroxylation is 1. The number of anilines is 2. The van der Waals surface area contributed by atoms with Crippen molar-refractivity contribution in [2.45, 2.75) is 57.2 Å². The van der Waals surface area contributed by atoms with E-state index in [9.17, 15) is 13.2 Å². The second-order valence-corrected chi connectivity index (χ2v) is 13.9. The van der Waals surface area contributed by atoms with Crippen LogP contribution in [0.15, 0.2) is 52.9 Å². The summed E-state index contributed by atoms with van der Waals surface area (Å²) in [6.07, 6.45) is 1.98. The van der Waals surface area contributed by atoms with Crippen LogP contribution in [0.2, 0.25) is 5.02 Å². The van der Waals surface area contributed by atoms with E-state index in [-0.39, 0.29) is 23.6 Å². The third kappa shape index (κ3) is 6.64. The molecule has 1 aliphatic heterocycles. The molecule has 0 spiro atoms. The van der Waals surface area contributed by atoms with Gasteiger partial charge in [-0.15, -0.1) is 11.3 Å². The molecule has 12 heteroatoms. The highest BCUT2D eigenvalue weighted by molar-refractivity contribution is 7.93. The highest BCUT2D eigenvalue weighted by atomic mass is 35.5. The minimum absolute atomic E-state index is 0.0114. The van der Waals surface area contributed by atoms with Crippen LogP contribution in [0.5, 0.6) is 5.75 Å². The van der Waals surface area contributed by atoms with Crippen molar-refractivity contribution >= 4 is 49.9 Å². The number of hydrogen-bond donors (Lipinski definition) is 0. The van der Waals surface area contributed by atoms with Crippen LogP contribution in [0.4, 0.5) is 15.6 Å². The smallest absolute Gasteiger partial charge is 0.410 e. The Bertz CT molecular complexity index is 1460. The van der Waals surface area contributed by atoms with Gasteiger partial charge in [0.15, 0.2) is 5.13 Å². The van der Waals surface area contributed by atoms with Gasteiger partial charge in [0.05, 0.1) is 29.3 Å². The summed E-state index contributed by atoms with van der Waals surface area (Å²) in [5, 5.41) is 2.41. The van der Waals surface area contributed by atoms with Crippen LogP contribution in [-0.4, -0.2) is 63.3 Å². The minimum atomic E-state index is -4.00. The van der Waals surface area contributed by atoms with E-state index in [4.69, 9.17) is 21.1 Å². The highest BCUT2D eigenvalue weighted by Gasteiger charge is 2.33. The number of sulfonamides is 1. The van der Waals surface area contributed by atoms with Crippen LogP contribution in [0, 0.1) is 6.92 Å². The van der Waals surface area contributed by atoms with Gasteiger partial charge in [-0.05, 0) is 75.6 Å². The Kier molecular flexibility index (Phi) is 8.86. The second kappa shape index (κ2) is 11.8. The maximum absolute atomic E-state index is 13.9. The molecule has 2 heterocycles. The molecule has 0 saturated carbocycles. The Morgan fingerprint density at radius 3 is 2.58 bits per heavy atom. The first kappa shape index (κ1) is 30.0. The fourth-order valence-corrected chi connectivity index (χ4v) is 7.20. The predicted molar refractivity (Wildman–Crippen MR) is 159 cm³/mol. The van der Waals surface area contributed by atoms with E-state index in [2.05, 4.69) is 4.98 Å². The molecular formula is C28H35ClN4O5S2. The van der Waals surface area contributed by atoms with Gasteiger partial charge in [-0.1, -0.05) is 17.7 Å². The van der Waals surface area contributed by atoms with E-state index < -0.39 is 15.6 Å². The number of carbonyl (C=O) groups is 1. The average molecular weight is 607 g/mol. The SMILES string of the molecule is COc1ccc(CN(c2nccs2)S(=O)(=O)c2ccc(N(C)[C@H]3CCN(C(=O)OC(C)(C)C)C3)c(Cl)c2)c(C)c1. The second-order valence-electron chi connectivity index (χ2n) is 10.7. The first-order chi connectivity index (χ1) is 18.8.